The molecule has 1 aliphatic rings. The van der Waals surface area contributed by atoms with Crippen molar-refractivity contribution in [1.29, 1.82) is 0 Å². The first kappa shape index (κ1) is 13.6. The van der Waals surface area contributed by atoms with E-state index in [1.165, 1.54) is 0 Å². The molecule has 1 aromatic carbocycles. The van der Waals surface area contributed by atoms with Gasteiger partial charge in [-0.3, -0.25) is 4.68 Å². The van der Waals surface area contributed by atoms with E-state index >= 15 is 0 Å². The molecule has 106 valence electrons. The van der Waals surface area contributed by atoms with Crippen molar-refractivity contribution in [3.63, 3.8) is 0 Å². The molecule has 0 spiro atoms. The Labute approximate surface area is 123 Å². The first-order valence-electron chi connectivity index (χ1n) is 6.40. The van der Waals surface area contributed by atoms with E-state index in [-0.39, 0.29) is 11.5 Å². The molecular weight excluding hydrogens is 296 g/mol. The molecule has 6 heteroatoms. The fourth-order valence-electron chi connectivity index (χ4n) is 2.61. The second kappa shape index (κ2) is 4.60. The van der Waals surface area contributed by atoms with Crippen molar-refractivity contribution < 1.29 is 8.42 Å². The summed E-state index contributed by atoms with van der Waals surface area (Å²) in [5.41, 5.74) is 1.47. The summed E-state index contributed by atoms with van der Waals surface area (Å²) in [4.78, 5) is 0. The number of aromatic nitrogens is 2. The van der Waals surface area contributed by atoms with Gasteiger partial charge in [-0.1, -0.05) is 23.7 Å². The summed E-state index contributed by atoms with van der Waals surface area (Å²) in [6.45, 7) is 1.94. The summed E-state index contributed by atoms with van der Waals surface area (Å²) < 4.78 is 25.1. The van der Waals surface area contributed by atoms with Crippen molar-refractivity contribution in [3.05, 3.63) is 41.7 Å². The van der Waals surface area contributed by atoms with Gasteiger partial charge in [-0.05, 0) is 31.0 Å². The van der Waals surface area contributed by atoms with E-state index in [1.807, 2.05) is 37.4 Å². The van der Waals surface area contributed by atoms with Crippen LogP contribution in [0.25, 0.3) is 11.1 Å². The number of benzene rings is 1. The molecule has 2 aromatic rings. The van der Waals surface area contributed by atoms with E-state index in [0.717, 1.165) is 11.1 Å². The number of rotatable bonds is 2. The van der Waals surface area contributed by atoms with Gasteiger partial charge in [-0.25, -0.2) is 8.42 Å². The van der Waals surface area contributed by atoms with Crippen LogP contribution in [0.4, 0.5) is 0 Å². The molecule has 0 N–H and O–H groups in total. The number of hydrogen-bond donors (Lipinski definition) is 0. The van der Waals surface area contributed by atoms with Gasteiger partial charge >= 0.3 is 0 Å². The summed E-state index contributed by atoms with van der Waals surface area (Å²) in [6.07, 6.45) is 4.25. The van der Waals surface area contributed by atoms with Crippen LogP contribution in [0.15, 0.2) is 36.7 Å². The zero-order chi connectivity index (χ0) is 14.4. The SMILES string of the molecule is CC1(n2cc(-c3cccc(Cl)c3)cn2)CCS(=O)(=O)C1. The highest BCUT2D eigenvalue weighted by molar-refractivity contribution is 7.91. The van der Waals surface area contributed by atoms with Crippen molar-refractivity contribution >= 4 is 21.4 Å². The van der Waals surface area contributed by atoms with Gasteiger partial charge < -0.3 is 0 Å². The molecule has 1 unspecified atom stereocenters. The van der Waals surface area contributed by atoms with E-state index < -0.39 is 15.4 Å². The zero-order valence-electron chi connectivity index (χ0n) is 11.1. The molecule has 1 aromatic heterocycles. The van der Waals surface area contributed by atoms with E-state index in [0.29, 0.717) is 11.4 Å². The summed E-state index contributed by atoms with van der Waals surface area (Å²) in [6, 6.07) is 7.54. The molecule has 1 atom stereocenters. The van der Waals surface area contributed by atoms with Crippen molar-refractivity contribution in [2.24, 2.45) is 0 Å². The molecule has 2 heterocycles. The van der Waals surface area contributed by atoms with Crippen molar-refractivity contribution in [1.82, 2.24) is 9.78 Å². The second-order valence-corrected chi connectivity index (χ2v) is 8.14. The quantitative estimate of drug-likeness (QED) is 0.857. The Hall–Kier alpha value is -1.33. The molecule has 3 rings (SSSR count). The molecular formula is C14H15ClN2O2S. The van der Waals surface area contributed by atoms with E-state index in [2.05, 4.69) is 5.10 Å². The van der Waals surface area contributed by atoms with Crippen molar-refractivity contribution in [2.75, 3.05) is 11.5 Å². The minimum atomic E-state index is -2.95. The van der Waals surface area contributed by atoms with Crippen LogP contribution in [-0.4, -0.2) is 29.7 Å². The smallest absolute Gasteiger partial charge is 0.152 e. The number of halogens is 1. The predicted molar refractivity (Wildman–Crippen MR) is 79.6 cm³/mol. The Balaban J connectivity index is 1.95. The summed E-state index contributed by atoms with van der Waals surface area (Å²) in [5.74, 6) is 0.381. The van der Waals surface area contributed by atoms with Crippen LogP contribution in [0.1, 0.15) is 13.3 Å². The Morgan fingerprint density at radius 2 is 2.15 bits per heavy atom. The van der Waals surface area contributed by atoms with E-state index in [1.54, 1.807) is 10.9 Å². The lowest BCUT2D eigenvalue weighted by Gasteiger charge is -2.22. The summed E-state index contributed by atoms with van der Waals surface area (Å²) >= 11 is 5.99. The number of hydrogen-bond acceptors (Lipinski definition) is 3. The molecule has 1 saturated heterocycles. The normalized spacial score (nSPS) is 24.9. The highest BCUT2D eigenvalue weighted by atomic mass is 35.5. The first-order chi connectivity index (χ1) is 9.38. The molecule has 20 heavy (non-hydrogen) atoms. The maximum atomic E-state index is 11.7. The Bertz CT molecular complexity index is 754. The van der Waals surface area contributed by atoms with Gasteiger partial charge in [0.15, 0.2) is 9.84 Å². The molecule has 4 nitrogen and oxygen atoms in total. The van der Waals surface area contributed by atoms with Crippen LogP contribution in [0.5, 0.6) is 0 Å². The zero-order valence-corrected chi connectivity index (χ0v) is 12.7. The van der Waals surface area contributed by atoms with Crippen molar-refractivity contribution in [3.8, 4) is 11.1 Å². The van der Waals surface area contributed by atoms with Gasteiger partial charge in [0.1, 0.15) is 0 Å². The predicted octanol–water partition coefficient (Wildman–Crippen LogP) is 2.74. The van der Waals surface area contributed by atoms with Crippen LogP contribution in [-0.2, 0) is 15.4 Å². The molecule has 0 radical (unpaired) electrons. The minimum absolute atomic E-state index is 0.149. The third-order valence-corrected chi connectivity index (χ3v) is 5.90. The molecule has 1 aliphatic heterocycles. The third-order valence-electron chi connectivity index (χ3n) is 3.78. The third kappa shape index (κ3) is 2.47. The van der Waals surface area contributed by atoms with Gasteiger partial charge in [0.2, 0.25) is 0 Å². The molecule has 0 aliphatic carbocycles. The number of nitrogens with zero attached hydrogens (tertiary/aromatic N) is 2. The maximum absolute atomic E-state index is 11.7. The fraction of sp³-hybridized carbons (Fsp3) is 0.357. The van der Waals surface area contributed by atoms with E-state index in [9.17, 15) is 8.42 Å². The van der Waals surface area contributed by atoms with Gasteiger partial charge in [-0.2, -0.15) is 5.10 Å². The average molecular weight is 311 g/mol. The standard InChI is InChI=1S/C14H15ClN2O2S/c1-14(5-6-20(18,19)10-14)17-9-12(8-16-17)11-3-2-4-13(15)7-11/h2-4,7-9H,5-6,10H2,1H3. The molecule has 0 bridgehead atoms. The molecule has 1 fully saturated rings. The largest absolute Gasteiger partial charge is 0.265 e. The topological polar surface area (TPSA) is 52.0 Å². The summed E-state index contributed by atoms with van der Waals surface area (Å²) in [5, 5.41) is 5.02. The van der Waals surface area contributed by atoms with Gasteiger partial charge in [-0.15, -0.1) is 0 Å². The Morgan fingerprint density at radius 3 is 2.80 bits per heavy atom. The highest BCUT2D eigenvalue weighted by Gasteiger charge is 2.40. The Kier molecular flexibility index (Phi) is 3.14. The Morgan fingerprint density at radius 1 is 1.35 bits per heavy atom. The summed E-state index contributed by atoms with van der Waals surface area (Å²) in [7, 11) is -2.95. The van der Waals surface area contributed by atoms with Crippen LogP contribution >= 0.6 is 11.6 Å². The van der Waals surface area contributed by atoms with Crippen LogP contribution in [0, 0.1) is 0 Å². The van der Waals surface area contributed by atoms with Gasteiger partial charge in [0.05, 0.1) is 23.2 Å². The fourth-order valence-corrected chi connectivity index (χ4v) is 4.92. The first-order valence-corrected chi connectivity index (χ1v) is 8.59. The highest BCUT2D eigenvalue weighted by Crippen LogP contribution is 2.32. The van der Waals surface area contributed by atoms with Crippen LogP contribution < -0.4 is 0 Å². The lowest BCUT2D eigenvalue weighted by molar-refractivity contribution is 0.328. The minimum Gasteiger partial charge on any atom is -0.265 e. The second-order valence-electron chi connectivity index (χ2n) is 5.52. The van der Waals surface area contributed by atoms with Crippen LogP contribution in [0.2, 0.25) is 5.02 Å². The van der Waals surface area contributed by atoms with E-state index in [4.69, 9.17) is 11.6 Å². The van der Waals surface area contributed by atoms with Crippen LogP contribution in [0.3, 0.4) is 0 Å². The van der Waals surface area contributed by atoms with Gasteiger partial charge in [0.25, 0.3) is 0 Å². The lowest BCUT2D eigenvalue weighted by Crippen LogP contribution is -2.31. The number of sulfone groups is 1. The lowest BCUT2D eigenvalue weighted by atomic mass is 10.0. The average Bonchev–Trinajstić information content (AvgIpc) is 2.95. The monoisotopic (exact) mass is 310 g/mol. The molecule has 0 amide bonds. The molecule has 0 saturated carbocycles. The maximum Gasteiger partial charge on any atom is 0.152 e. The van der Waals surface area contributed by atoms with Gasteiger partial charge in [0, 0.05) is 16.8 Å². The van der Waals surface area contributed by atoms with Crippen molar-refractivity contribution in [2.45, 2.75) is 18.9 Å².